The van der Waals surface area contributed by atoms with Gasteiger partial charge < -0.3 is 0 Å². The Morgan fingerprint density at radius 1 is 1.24 bits per heavy atom. The first-order valence-corrected chi connectivity index (χ1v) is 7.61. The van der Waals surface area contributed by atoms with Crippen LogP contribution in [0.3, 0.4) is 0 Å². The van der Waals surface area contributed by atoms with Crippen molar-refractivity contribution < 1.29 is 4.79 Å². The number of ketones is 1. The second kappa shape index (κ2) is 4.26. The minimum atomic E-state index is -0.00251. The molecule has 4 nitrogen and oxygen atoms in total. The summed E-state index contributed by atoms with van der Waals surface area (Å²) in [6.45, 7) is 4.31. The third kappa shape index (κ3) is 2.09. The van der Waals surface area contributed by atoms with Crippen molar-refractivity contribution in [2.45, 2.75) is 45.4 Å². The normalized spacial score (nSPS) is 20.4. The fourth-order valence-corrected chi connectivity index (χ4v) is 3.29. The zero-order chi connectivity index (χ0) is 14.6. The third-order valence-corrected chi connectivity index (χ3v) is 4.40. The average molecular weight is 281 g/mol. The van der Waals surface area contributed by atoms with Gasteiger partial charge in [-0.25, -0.2) is 9.67 Å². The molecular weight excluding hydrogens is 262 g/mol. The minimum Gasteiger partial charge on any atom is -0.294 e. The van der Waals surface area contributed by atoms with E-state index in [9.17, 15) is 4.79 Å². The van der Waals surface area contributed by atoms with E-state index >= 15 is 0 Å². The molecule has 2 aliphatic rings. The molecule has 108 valence electrons. The van der Waals surface area contributed by atoms with E-state index in [4.69, 9.17) is 5.10 Å². The Labute approximate surface area is 124 Å². The molecule has 0 saturated heterocycles. The van der Waals surface area contributed by atoms with E-state index in [1.54, 1.807) is 6.20 Å². The summed E-state index contributed by atoms with van der Waals surface area (Å²) >= 11 is 0. The van der Waals surface area contributed by atoms with Crippen molar-refractivity contribution in [3.05, 3.63) is 41.3 Å². The van der Waals surface area contributed by atoms with Crippen LogP contribution in [0.2, 0.25) is 0 Å². The van der Waals surface area contributed by atoms with Gasteiger partial charge in [0.25, 0.3) is 0 Å². The predicted octanol–water partition coefficient (Wildman–Crippen LogP) is 3.30. The lowest BCUT2D eigenvalue weighted by Gasteiger charge is -2.29. The van der Waals surface area contributed by atoms with Gasteiger partial charge in [-0.3, -0.25) is 4.79 Å². The van der Waals surface area contributed by atoms with Gasteiger partial charge >= 0.3 is 0 Å². The van der Waals surface area contributed by atoms with Crippen LogP contribution in [0.25, 0.3) is 5.82 Å². The number of aromatic nitrogens is 3. The fraction of sp³-hybridized carbons (Fsp3) is 0.471. The van der Waals surface area contributed by atoms with Gasteiger partial charge in [-0.15, -0.1) is 0 Å². The molecular formula is C17H19N3O. The van der Waals surface area contributed by atoms with E-state index in [2.05, 4.69) is 18.8 Å². The molecule has 0 aromatic carbocycles. The topological polar surface area (TPSA) is 47.8 Å². The number of rotatable bonds is 2. The smallest absolute Gasteiger partial charge is 0.167 e. The van der Waals surface area contributed by atoms with Crippen molar-refractivity contribution in [2.24, 2.45) is 5.41 Å². The van der Waals surface area contributed by atoms with Crippen LogP contribution in [-0.2, 0) is 6.42 Å². The lowest BCUT2D eigenvalue weighted by Crippen LogP contribution is -2.28. The van der Waals surface area contributed by atoms with Crippen LogP contribution >= 0.6 is 0 Å². The summed E-state index contributed by atoms with van der Waals surface area (Å²) in [6, 6.07) is 5.81. The molecule has 2 heterocycles. The van der Waals surface area contributed by atoms with Crippen molar-refractivity contribution in [3.8, 4) is 5.82 Å². The monoisotopic (exact) mass is 281 g/mol. The summed E-state index contributed by atoms with van der Waals surface area (Å²) in [5.74, 6) is 1.55. The van der Waals surface area contributed by atoms with E-state index in [1.165, 1.54) is 0 Å². The Kier molecular flexibility index (Phi) is 2.59. The molecule has 0 aliphatic heterocycles. The van der Waals surface area contributed by atoms with Gasteiger partial charge in [0, 0.05) is 18.5 Å². The largest absolute Gasteiger partial charge is 0.294 e. The van der Waals surface area contributed by atoms with E-state index in [0.29, 0.717) is 12.3 Å². The van der Waals surface area contributed by atoms with Gasteiger partial charge in [0.05, 0.1) is 17.0 Å². The molecule has 4 rings (SSSR count). The third-order valence-electron chi connectivity index (χ3n) is 4.40. The Balaban J connectivity index is 1.93. The molecule has 0 atom stereocenters. The molecule has 2 aromatic rings. The lowest BCUT2D eigenvalue weighted by atomic mass is 9.75. The molecule has 1 fully saturated rings. The molecule has 21 heavy (non-hydrogen) atoms. The number of fused-ring (bicyclic) bond motifs is 1. The zero-order valence-electron chi connectivity index (χ0n) is 12.5. The highest BCUT2D eigenvalue weighted by atomic mass is 16.1. The standard InChI is InChI=1S/C17H19N3O/c1-17(2)9-12-15(13(21)10-17)16(11-6-7-11)19-20(12)14-5-3-4-8-18-14/h3-5,8,11H,6-7,9-10H2,1-2H3. The Morgan fingerprint density at radius 3 is 2.71 bits per heavy atom. The summed E-state index contributed by atoms with van der Waals surface area (Å²) in [6.07, 6.45) is 5.58. The SMILES string of the molecule is CC1(C)CC(=O)c2c(C3CC3)nn(-c3ccccn3)c2C1. The first-order valence-electron chi connectivity index (χ1n) is 7.61. The van der Waals surface area contributed by atoms with Gasteiger partial charge in [-0.05, 0) is 36.8 Å². The number of Topliss-reactive ketones (excluding diaryl/α,β-unsaturated/α-hetero) is 1. The van der Waals surface area contributed by atoms with E-state index in [-0.39, 0.29) is 11.2 Å². The summed E-state index contributed by atoms with van der Waals surface area (Å²) in [5.41, 5.74) is 2.95. The maximum absolute atomic E-state index is 12.6. The number of carbonyl (C=O) groups excluding carboxylic acids is 1. The number of hydrogen-bond acceptors (Lipinski definition) is 3. The van der Waals surface area contributed by atoms with Crippen LogP contribution < -0.4 is 0 Å². The van der Waals surface area contributed by atoms with Crippen LogP contribution in [-0.4, -0.2) is 20.5 Å². The van der Waals surface area contributed by atoms with E-state index in [0.717, 1.165) is 42.0 Å². The maximum atomic E-state index is 12.6. The molecule has 0 amide bonds. The minimum absolute atomic E-state index is 0.00251. The lowest BCUT2D eigenvalue weighted by molar-refractivity contribution is 0.0910. The molecule has 0 radical (unpaired) electrons. The average Bonchev–Trinajstić information content (AvgIpc) is 3.20. The number of nitrogens with zero attached hydrogens (tertiary/aromatic N) is 3. The zero-order valence-corrected chi connectivity index (χ0v) is 12.5. The van der Waals surface area contributed by atoms with E-state index in [1.807, 2.05) is 22.9 Å². The molecule has 0 spiro atoms. The number of hydrogen-bond donors (Lipinski definition) is 0. The van der Waals surface area contributed by atoms with Crippen molar-refractivity contribution in [3.63, 3.8) is 0 Å². The van der Waals surface area contributed by atoms with Gasteiger partial charge in [0.2, 0.25) is 0 Å². The summed E-state index contributed by atoms with van der Waals surface area (Å²) in [5, 5.41) is 4.77. The quantitative estimate of drug-likeness (QED) is 0.848. The first-order chi connectivity index (χ1) is 10.1. The molecule has 2 aliphatic carbocycles. The van der Waals surface area contributed by atoms with Crippen LogP contribution in [0.15, 0.2) is 24.4 Å². The maximum Gasteiger partial charge on any atom is 0.167 e. The van der Waals surface area contributed by atoms with Gasteiger partial charge in [0.15, 0.2) is 11.6 Å². The van der Waals surface area contributed by atoms with E-state index < -0.39 is 0 Å². The Hall–Kier alpha value is -1.97. The number of pyridine rings is 1. The highest BCUT2D eigenvalue weighted by Crippen LogP contribution is 2.45. The Bertz CT molecular complexity index is 711. The van der Waals surface area contributed by atoms with Crippen molar-refractivity contribution >= 4 is 5.78 Å². The molecule has 0 bridgehead atoms. The molecule has 0 N–H and O–H groups in total. The first kappa shape index (κ1) is 12.7. The highest BCUT2D eigenvalue weighted by Gasteiger charge is 2.40. The summed E-state index contributed by atoms with van der Waals surface area (Å²) in [4.78, 5) is 17.0. The van der Waals surface area contributed by atoms with Gasteiger partial charge in [-0.2, -0.15) is 5.10 Å². The highest BCUT2D eigenvalue weighted by molar-refractivity contribution is 6.00. The van der Waals surface area contributed by atoms with Crippen LogP contribution in [0.4, 0.5) is 0 Å². The van der Waals surface area contributed by atoms with Crippen molar-refractivity contribution in [1.82, 2.24) is 14.8 Å². The second-order valence-corrected chi connectivity index (χ2v) is 7.02. The summed E-state index contributed by atoms with van der Waals surface area (Å²) in [7, 11) is 0. The second-order valence-electron chi connectivity index (χ2n) is 7.02. The van der Waals surface area contributed by atoms with Crippen LogP contribution in [0.1, 0.15) is 60.8 Å². The van der Waals surface area contributed by atoms with Crippen molar-refractivity contribution in [2.75, 3.05) is 0 Å². The molecule has 2 aromatic heterocycles. The Morgan fingerprint density at radius 2 is 2.05 bits per heavy atom. The van der Waals surface area contributed by atoms with Gasteiger partial charge in [-0.1, -0.05) is 19.9 Å². The molecule has 1 saturated carbocycles. The molecule has 4 heteroatoms. The summed E-state index contributed by atoms with van der Waals surface area (Å²) < 4.78 is 1.90. The molecule has 0 unspecified atom stereocenters. The van der Waals surface area contributed by atoms with Crippen LogP contribution in [0.5, 0.6) is 0 Å². The number of carbonyl (C=O) groups is 1. The fourth-order valence-electron chi connectivity index (χ4n) is 3.29. The van der Waals surface area contributed by atoms with Crippen LogP contribution in [0, 0.1) is 5.41 Å². The predicted molar refractivity (Wildman–Crippen MR) is 79.8 cm³/mol. The van der Waals surface area contributed by atoms with Gasteiger partial charge in [0.1, 0.15) is 0 Å². The van der Waals surface area contributed by atoms with Crippen molar-refractivity contribution in [1.29, 1.82) is 0 Å².